The van der Waals surface area contributed by atoms with E-state index in [1.54, 1.807) is 43.5 Å². The van der Waals surface area contributed by atoms with E-state index in [2.05, 4.69) is 0 Å². The van der Waals surface area contributed by atoms with Crippen LogP contribution in [0.5, 0.6) is 5.75 Å². The molecule has 4 aromatic rings. The Morgan fingerprint density at radius 3 is 1.97 bits per heavy atom. The minimum absolute atomic E-state index is 0.259. The van der Waals surface area contributed by atoms with Gasteiger partial charge in [0, 0.05) is 17.4 Å². The second-order valence-corrected chi connectivity index (χ2v) is 9.74. The fourth-order valence-electron chi connectivity index (χ4n) is 3.03. The maximum absolute atomic E-state index is 13.4. The number of hydrogen-bond donors (Lipinski definition) is 0. The standard InChI is InChI=1S/C23H18FNO3S2/c1-28-19-11-5-17(6-12-19)23-25-21(15-3-9-18(24)10-4-15)22(29-23)16-7-13-20(14-8-16)30(2,26)27/h3-14H,1-2H3. The zero-order valence-corrected chi connectivity index (χ0v) is 17.9. The van der Waals surface area contributed by atoms with Crippen LogP contribution < -0.4 is 4.74 Å². The van der Waals surface area contributed by atoms with Crippen LogP contribution in [0.2, 0.25) is 0 Å². The summed E-state index contributed by atoms with van der Waals surface area (Å²) in [4.78, 5) is 5.96. The van der Waals surface area contributed by atoms with Crippen molar-refractivity contribution < 1.29 is 17.5 Å². The molecule has 0 amide bonds. The fourth-order valence-corrected chi connectivity index (χ4v) is 4.76. The van der Waals surface area contributed by atoms with E-state index in [-0.39, 0.29) is 10.7 Å². The van der Waals surface area contributed by atoms with Gasteiger partial charge in [0.25, 0.3) is 0 Å². The van der Waals surface area contributed by atoms with Crippen LogP contribution in [-0.4, -0.2) is 26.8 Å². The normalized spacial score (nSPS) is 11.4. The lowest BCUT2D eigenvalue weighted by Gasteiger charge is -2.04. The summed E-state index contributed by atoms with van der Waals surface area (Å²) >= 11 is 1.50. The van der Waals surface area contributed by atoms with Gasteiger partial charge in [-0.2, -0.15) is 0 Å². The highest BCUT2D eigenvalue weighted by Gasteiger charge is 2.17. The predicted molar refractivity (Wildman–Crippen MR) is 118 cm³/mol. The van der Waals surface area contributed by atoms with E-state index < -0.39 is 9.84 Å². The summed E-state index contributed by atoms with van der Waals surface area (Å²) < 4.78 is 42.2. The lowest BCUT2D eigenvalue weighted by atomic mass is 10.1. The molecule has 30 heavy (non-hydrogen) atoms. The highest BCUT2D eigenvalue weighted by Crippen LogP contribution is 2.41. The number of hydrogen-bond acceptors (Lipinski definition) is 5. The molecule has 0 aliphatic rings. The molecule has 7 heteroatoms. The molecule has 152 valence electrons. The van der Waals surface area contributed by atoms with Crippen molar-refractivity contribution >= 4 is 21.2 Å². The number of benzene rings is 3. The van der Waals surface area contributed by atoms with Crippen molar-refractivity contribution in [2.24, 2.45) is 0 Å². The van der Waals surface area contributed by atoms with Gasteiger partial charge in [0.2, 0.25) is 0 Å². The van der Waals surface area contributed by atoms with Gasteiger partial charge in [0.15, 0.2) is 9.84 Å². The molecular formula is C23H18FNO3S2. The van der Waals surface area contributed by atoms with Crippen LogP contribution in [0.15, 0.2) is 77.7 Å². The Balaban J connectivity index is 1.84. The molecule has 1 heterocycles. The summed E-state index contributed by atoms with van der Waals surface area (Å²) in [5, 5.41) is 0.805. The van der Waals surface area contributed by atoms with E-state index in [9.17, 15) is 12.8 Å². The van der Waals surface area contributed by atoms with E-state index >= 15 is 0 Å². The van der Waals surface area contributed by atoms with Crippen molar-refractivity contribution in [3.63, 3.8) is 0 Å². The Bertz CT molecular complexity index is 1280. The molecule has 0 aliphatic carbocycles. The van der Waals surface area contributed by atoms with Gasteiger partial charge >= 0.3 is 0 Å². The molecule has 0 radical (unpaired) electrons. The first-order chi connectivity index (χ1) is 14.3. The third kappa shape index (κ3) is 4.13. The summed E-state index contributed by atoms with van der Waals surface area (Å²) in [5.74, 6) is 0.439. The maximum atomic E-state index is 13.4. The van der Waals surface area contributed by atoms with Crippen molar-refractivity contribution in [1.82, 2.24) is 4.98 Å². The maximum Gasteiger partial charge on any atom is 0.175 e. The Morgan fingerprint density at radius 2 is 1.40 bits per heavy atom. The van der Waals surface area contributed by atoms with E-state index in [1.807, 2.05) is 24.3 Å². The van der Waals surface area contributed by atoms with Crippen LogP contribution >= 0.6 is 11.3 Å². The number of ether oxygens (including phenoxy) is 1. The molecule has 0 atom stereocenters. The molecule has 0 saturated heterocycles. The van der Waals surface area contributed by atoms with Crippen molar-refractivity contribution in [3.8, 4) is 38.0 Å². The number of sulfone groups is 1. The van der Waals surface area contributed by atoms with Gasteiger partial charge in [-0.15, -0.1) is 11.3 Å². The summed E-state index contributed by atoms with van der Waals surface area (Å²) in [6.45, 7) is 0. The Labute approximate surface area is 178 Å². The molecule has 0 saturated carbocycles. The fraction of sp³-hybridized carbons (Fsp3) is 0.0870. The lowest BCUT2D eigenvalue weighted by molar-refractivity contribution is 0.415. The molecular weight excluding hydrogens is 421 g/mol. The Kier molecular flexibility index (Phi) is 5.40. The third-order valence-corrected chi connectivity index (χ3v) is 6.91. The van der Waals surface area contributed by atoms with Gasteiger partial charge in [-0.05, 0) is 66.2 Å². The van der Waals surface area contributed by atoms with Gasteiger partial charge in [-0.1, -0.05) is 12.1 Å². The highest BCUT2D eigenvalue weighted by atomic mass is 32.2. The number of nitrogens with zero attached hydrogens (tertiary/aromatic N) is 1. The Hall–Kier alpha value is -3.03. The monoisotopic (exact) mass is 439 g/mol. The van der Waals surface area contributed by atoms with Crippen molar-refractivity contribution in [2.45, 2.75) is 4.90 Å². The van der Waals surface area contributed by atoms with Crippen molar-refractivity contribution in [1.29, 1.82) is 0 Å². The summed E-state index contributed by atoms with van der Waals surface area (Å²) in [5.41, 5.74) is 3.29. The van der Waals surface area contributed by atoms with E-state index in [0.717, 1.165) is 38.0 Å². The minimum atomic E-state index is -3.28. The van der Waals surface area contributed by atoms with Crippen LogP contribution in [0.4, 0.5) is 4.39 Å². The van der Waals surface area contributed by atoms with E-state index in [1.165, 1.54) is 29.7 Å². The molecule has 4 nitrogen and oxygen atoms in total. The van der Waals surface area contributed by atoms with Crippen LogP contribution in [0.25, 0.3) is 32.3 Å². The third-order valence-electron chi connectivity index (χ3n) is 4.63. The largest absolute Gasteiger partial charge is 0.497 e. The number of rotatable bonds is 5. The zero-order chi connectivity index (χ0) is 21.3. The van der Waals surface area contributed by atoms with Gasteiger partial charge in [-0.25, -0.2) is 17.8 Å². The molecule has 0 fully saturated rings. The quantitative estimate of drug-likeness (QED) is 0.401. The summed E-state index contributed by atoms with van der Waals surface area (Å²) in [6, 6.07) is 20.5. The first-order valence-corrected chi connectivity index (χ1v) is 11.8. The van der Waals surface area contributed by atoms with Crippen molar-refractivity contribution in [3.05, 3.63) is 78.6 Å². The van der Waals surface area contributed by atoms with Crippen LogP contribution in [-0.2, 0) is 9.84 Å². The second-order valence-electron chi connectivity index (χ2n) is 6.73. The molecule has 0 aliphatic heterocycles. The van der Waals surface area contributed by atoms with Crippen LogP contribution in [0, 0.1) is 5.82 Å². The summed E-state index contributed by atoms with van der Waals surface area (Å²) in [7, 11) is -1.66. The predicted octanol–water partition coefficient (Wildman–Crippen LogP) is 5.70. The Morgan fingerprint density at radius 1 is 0.833 bits per heavy atom. The SMILES string of the molecule is COc1ccc(-c2nc(-c3ccc(F)cc3)c(-c3ccc(S(C)(=O)=O)cc3)s2)cc1. The first kappa shape index (κ1) is 20.3. The van der Waals surface area contributed by atoms with Gasteiger partial charge in [0.1, 0.15) is 16.6 Å². The number of halogens is 1. The van der Waals surface area contributed by atoms with E-state index in [0.29, 0.717) is 0 Å². The van der Waals surface area contributed by atoms with Gasteiger partial charge < -0.3 is 4.74 Å². The van der Waals surface area contributed by atoms with Gasteiger partial charge in [0.05, 0.1) is 22.6 Å². The molecule has 4 rings (SSSR count). The van der Waals surface area contributed by atoms with E-state index in [4.69, 9.17) is 9.72 Å². The molecule has 0 N–H and O–H groups in total. The zero-order valence-electron chi connectivity index (χ0n) is 16.3. The minimum Gasteiger partial charge on any atom is -0.497 e. The number of methoxy groups -OCH3 is 1. The number of aromatic nitrogens is 1. The average Bonchev–Trinajstić information content (AvgIpc) is 3.19. The topological polar surface area (TPSA) is 56.3 Å². The summed E-state index contributed by atoms with van der Waals surface area (Å²) in [6.07, 6.45) is 1.18. The molecule has 0 unspecified atom stereocenters. The van der Waals surface area contributed by atoms with Gasteiger partial charge in [-0.3, -0.25) is 0 Å². The molecule has 3 aromatic carbocycles. The lowest BCUT2D eigenvalue weighted by Crippen LogP contribution is -1.96. The van der Waals surface area contributed by atoms with Crippen molar-refractivity contribution in [2.75, 3.05) is 13.4 Å². The first-order valence-electron chi connectivity index (χ1n) is 9.07. The molecule has 0 bridgehead atoms. The molecule has 1 aromatic heterocycles. The second kappa shape index (κ2) is 8.01. The number of thiazole rings is 1. The smallest absolute Gasteiger partial charge is 0.175 e. The van der Waals surface area contributed by atoms with Crippen LogP contribution in [0.3, 0.4) is 0 Å². The highest BCUT2D eigenvalue weighted by molar-refractivity contribution is 7.90. The average molecular weight is 440 g/mol. The molecule has 0 spiro atoms. The van der Waals surface area contributed by atoms with Crippen LogP contribution in [0.1, 0.15) is 0 Å².